The van der Waals surface area contributed by atoms with Crippen LogP contribution in [0.1, 0.15) is 67.2 Å². The predicted molar refractivity (Wildman–Crippen MR) is 129 cm³/mol. The second kappa shape index (κ2) is 9.35. The summed E-state index contributed by atoms with van der Waals surface area (Å²) in [5.41, 5.74) is -0.409. The zero-order chi connectivity index (χ0) is 24.9. The van der Waals surface area contributed by atoms with Gasteiger partial charge in [-0.15, -0.1) is 0 Å². The van der Waals surface area contributed by atoms with Gasteiger partial charge in [-0.2, -0.15) is 0 Å². The topological polar surface area (TPSA) is 109 Å². The number of aromatic amines is 1. The summed E-state index contributed by atoms with van der Waals surface area (Å²) in [7, 11) is -5.74. The number of hydrogen-bond donors (Lipinski definition) is 1. The number of nitrogens with zero attached hydrogens (tertiary/aromatic N) is 1. The second-order valence-electron chi connectivity index (χ2n) is 10.4. The molecule has 1 N–H and O–H groups in total. The molecule has 1 aromatic heterocycles. The van der Waals surface area contributed by atoms with Gasteiger partial charge in [-0.25, -0.2) is 4.79 Å². The van der Waals surface area contributed by atoms with Gasteiger partial charge in [0.15, 0.2) is 6.23 Å². The van der Waals surface area contributed by atoms with E-state index in [4.69, 9.17) is 17.7 Å². The lowest BCUT2D eigenvalue weighted by Crippen LogP contribution is -2.65. The van der Waals surface area contributed by atoms with Crippen molar-refractivity contribution in [3.8, 4) is 0 Å². The maximum absolute atomic E-state index is 13.5. The van der Waals surface area contributed by atoms with Crippen LogP contribution >= 0.6 is 0 Å². The average molecular weight is 499 g/mol. The molecule has 186 valence electrons. The van der Waals surface area contributed by atoms with Crippen molar-refractivity contribution in [2.24, 2.45) is 0 Å². The molecule has 1 aromatic rings. The second-order valence-corrected chi connectivity index (χ2v) is 19.3. The van der Waals surface area contributed by atoms with Gasteiger partial charge in [0, 0.05) is 11.8 Å². The molecular formula is C22H38N2O7Si2. The number of aryl methyl sites for hydroxylation is 1. The van der Waals surface area contributed by atoms with E-state index < -0.39 is 46.8 Å². The van der Waals surface area contributed by atoms with Crippen LogP contribution in [0.3, 0.4) is 0 Å². The zero-order valence-corrected chi connectivity index (χ0v) is 23.1. The van der Waals surface area contributed by atoms with E-state index in [9.17, 15) is 14.4 Å². The fraction of sp³-hybridized carbons (Fsp3) is 0.773. The number of rotatable bonds is 5. The van der Waals surface area contributed by atoms with Crippen molar-refractivity contribution in [2.75, 3.05) is 6.61 Å². The highest BCUT2D eigenvalue weighted by atomic mass is 28.5. The molecule has 0 aliphatic carbocycles. The molecule has 0 amide bonds. The van der Waals surface area contributed by atoms with Gasteiger partial charge >= 0.3 is 22.8 Å². The number of ketones is 1. The Kier molecular flexibility index (Phi) is 7.43. The number of fused-ring (bicyclic) bond motifs is 1. The Morgan fingerprint density at radius 1 is 0.939 bits per heavy atom. The van der Waals surface area contributed by atoms with Crippen molar-refractivity contribution in [2.45, 2.75) is 103 Å². The molecule has 3 heterocycles. The van der Waals surface area contributed by atoms with Gasteiger partial charge in [0.1, 0.15) is 12.2 Å². The van der Waals surface area contributed by atoms with E-state index >= 15 is 0 Å². The van der Waals surface area contributed by atoms with E-state index in [1.54, 1.807) is 6.92 Å². The lowest BCUT2D eigenvalue weighted by molar-refractivity contribution is -0.130. The highest BCUT2D eigenvalue weighted by Gasteiger charge is 2.61. The number of carbonyl (C=O) groups is 1. The molecule has 3 atom stereocenters. The molecule has 9 nitrogen and oxygen atoms in total. The van der Waals surface area contributed by atoms with E-state index in [0.717, 1.165) is 4.57 Å². The van der Waals surface area contributed by atoms with Gasteiger partial charge in [-0.1, -0.05) is 55.4 Å². The smallest absolute Gasteiger partial charge is 0.335 e. The molecule has 0 bridgehead atoms. The zero-order valence-electron chi connectivity index (χ0n) is 21.1. The summed E-state index contributed by atoms with van der Waals surface area (Å²) in [6.45, 7) is 18.5. The highest BCUT2D eigenvalue weighted by molar-refractivity contribution is 6.84. The Morgan fingerprint density at radius 2 is 1.48 bits per heavy atom. The van der Waals surface area contributed by atoms with Gasteiger partial charge in [0.05, 0.1) is 6.61 Å². The summed E-state index contributed by atoms with van der Waals surface area (Å²) in [5.74, 6) is -0.359. The molecule has 11 heteroatoms. The minimum atomic E-state index is -2.98. The normalized spacial score (nSPS) is 27.3. The van der Waals surface area contributed by atoms with Gasteiger partial charge < -0.3 is 17.7 Å². The van der Waals surface area contributed by atoms with Crippen LogP contribution in [0.25, 0.3) is 0 Å². The Bertz CT molecular complexity index is 985. The van der Waals surface area contributed by atoms with Crippen LogP contribution in [0.15, 0.2) is 15.8 Å². The SMILES string of the molecule is Cc1cn([C@@H]2O[C@@H]3CO[Si](C(C)C)(C(C)C)O[Si](C(C)C)(C(C)C)O[C@H]3C2=O)c(=O)[nH]c1=O. The fourth-order valence-corrected chi connectivity index (χ4v) is 16.1. The monoisotopic (exact) mass is 498 g/mol. The van der Waals surface area contributed by atoms with Crippen LogP contribution in [-0.2, 0) is 22.5 Å². The van der Waals surface area contributed by atoms with Crippen LogP contribution in [-0.4, -0.2) is 51.3 Å². The fourth-order valence-electron chi connectivity index (χ4n) is 4.98. The Labute approximate surface area is 197 Å². The maximum atomic E-state index is 13.5. The summed E-state index contributed by atoms with van der Waals surface area (Å²) in [6, 6.07) is 0. The third-order valence-corrected chi connectivity index (χ3v) is 17.1. The standard InChI is InChI=1S/C22H38N2O7Si2/c1-12(2)32(13(3)4)28-11-17-19(30-33(31-32,14(5)6)15(7)8)18(25)21(29-17)24-10-16(9)20(26)23-22(24)27/h10,12-15,17,19,21H,11H2,1-9H3,(H,23,26,27)/t17-,19-,21-/m1/s1. The van der Waals surface area contributed by atoms with Gasteiger partial charge in [-0.3, -0.25) is 19.1 Å². The molecule has 0 radical (unpaired) electrons. The predicted octanol–water partition coefficient (Wildman–Crippen LogP) is 3.27. The van der Waals surface area contributed by atoms with Crippen molar-refractivity contribution in [1.82, 2.24) is 9.55 Å². The first kappa shape index (κ1) is 26.2. The van der Waals surface area contributed by atoms with Gasteiger partial charge in [-0.05, 0) is 29.1 Å². The molecule has 0 aromatic carbocycles. The number of Topliss-reactive ketones (excluding diaryl/α,β-unsaturated/α-hetero) is 1. The minimum absolute atomic E-state index is 0.0640. The molecule has 2 aliphatic heterocycles. The summed E-state index contributed by atoms with van der Waals surface area (Å²) >= 11 is 0. The minimum Gasteiger partial charge on any atom is -0.414 e. The van der Waals surface area contributed by atoms with E-state index in [1.807, 2.05) is 0 Å². The number of ether oxygens (including phenoxy) is 1. The van der Waals surface area contributed by atoms with Gasteiger partial charge in [0.25, 0.3) is 5.56 Å². The van der Waals surface area contributed by atoms with E-state index in [1.165, 1.54) is 6.20 Å². The van der Waals surface area contributed by atoms with Crippen molar-refractivity contribution in [3.63, 3.8) is 0 Å². The highest BCUT2D eigenvalue weighted by Crippen LogP contribution is 2.47. The average Bonchev–Trinajstić information content (AvgIpc) is 2.98. The van der Waals surface area contributed by atoms with Gasteiger partial charge in [0.2, 0.25) is 5.78 Å². The molecule has 2 fully saturated rings. The molecule has 0 saturated carbocycles. The van der Waals surface area contributed by atoms with Crippen molar-refractivity contribution < 1.29 is 22.5 Å². The third kappa shape index (κ3) is 4.39. The molecule has 3 rings (SSSR count). The molecule has 0 spiro atoms. The number of aromatic nitrogens is 2. The first-order valence-corrected chi connectivity index (χ1v) is 15.7. The van der Waals surface area contributed by atoms with E-state index in [-0.39, 0.29) is 34.6 Å². The number of hydrogen-bond acceptors (Lipinski definition) is 7. The van der Waals surface area contributed by atoms with Crippen molar-refractivity contribution in [3.05, 3.63) is 32.6 Å². The molecule has 2 aliphatic rings. The Balaban J connectivity index is 2.11. The first-order chi connectivity index (χ1) is 15.3. The summed E-state index contributed by atoms with van der Waals surface area (Å²) < 4.78 is 27.7. The Morgan fingerprint density at radius 3 is 2.00 bits per heavy atom. The maximum Gasteiger partial charge on any atom is 0.335 e. The molecule has 33 heavy (non-hydrogen) atoms. The van der Waals surface area contributed by atoms with Crippen LogP contribution in [0, 0.1) is 6.92 Å². The lowest BCUT2D eigenvalue weighted by Gasteiger charge is -2.50. The van der Waals surface area contributed by atoms with Crippen LogP contribution in [0.4, 0.5) is 0 Å². The molecule has 0 unspecified atom stereocenters. The quantitative estimate of drug-likeness (QED) is 0.621. The number of H-pyrrole nitrogens is 1. The van der Waals surface area contributed by atoms with Crippen molar-refractivity contribution >= 4 is 22.9 Å². The van der Waals surface area contributed by atoms with Crippen molar-refractivity contribution in [1.29, 1.82) is 0 Å². The van der Waals surface area contributed by atoms with Crippen LogP contribution < -0.4 is 11.2 Å². The third-order valence-electron chi connectivity index (χ3n) is 6.89. The summed E-state index contributed by atoms with van der Waals surface area (Å²) in [6.07, 6.45) is -1.40. The largest absolute Gasteiger partial charge is 0.414 e. The summed E-state index contributed by atoms with van der Waals surface area (Å²) in [5, 5.41) is 0. The number of nitrogens with one attached hydrogen (secondary N) is 1. The molecular weight excluding hydrogens is 460 g/mol. The lowest BCUT2D eigenvalue weighted by atomic mass is 10.1. The number of carbonyl (C=O) groups excluding carboxylic acids is 1. The van der Waals surface area contributed by atoms with E-state index in [0.29, 0.717) is 5.56 Å². The van der Waals surface area contributed by atoms with Crippen LogP contribution in [0.5, 0.6) is 0 Å². The Hall–Kier alpha value is -1.38. The van der Waals surface area contributed by atoms with Crippen LogP contribution in [0.2, 0.25) is 22.2 Å². The van der Waals surface area contributed by atoms with E-state index in [2.05, 4.69) is 60.4 Å². The first-order valence-electron chi connectivity index (χ1n) is 11.8. The molecule has 2 saturated heterocycles. The summed E-state index contributed by atoms with van der Waals surface area (Å²) in [4.78, 5) is 40.1.